The number of aromatic nitrogens is 2. The summed E-state index contributed by atoms with van der Waals surface area (Å²) < 4.78 is 5.54. The summed E-state index contributed by atoms with van der Waals surface area (Å²) >= 11 is 1.49. The van der Waals surface area contributed by atoms with E-state index in [1.807, 2.05) is 30.0 Å². The number of hydrogen-bond donors (Lipinski definition) is 0. The molecule has 2 aliphatic rings. The summed E-state index contributed by atoms with van der Waals surface area (Å²) in [6.07, 6.45) is 1.64. The van der Waals surface area contributed by atoms with Crippen molar-refractivity contribution in [2.24, 2.45) is 0 Å². The minimum atomic E-state index is 0.0880. The Balaban J connectivity index is 1.18. The third-order valence-electron chi connectivity index (χ3n) is 7.59. The Morgan fingerprint density at radius 2 is 1.47 bits per heavy atom. The molecule has 4 aromatic rings. The molecule has 9 heteroatoms. The van der Waals surface area contributed by atoms with E-state index < -0.39 is 0 Å². The lowest BCUT2D eigenvalue weighted by atomic mass is 10.1. The molecule has 2 aromatic heterocycles. The molecule has 8 nitrogen and oxygen atoms in total. The molecule has 1 amide bonds. The van der Waals surface area contributed by atoms with Crippen molar-refractivity contribution in [3.63, 3.8) is 0 Å². The highest BCUT2D eigenvalue weighted by atomic mass is 32.1. The minimum Gasteiger partial charge on any atom is -0.495 e. The van der Waals surface area contributed by atoms with Crippen molar-refractivity contribution < 1.29 is 9.53 Å². The molecule has 0 atom stereocenters. The summed E-state index contributed by atoms with van der Waals surface area (Å²) in [5.74, 6) is 1.89. The van der Waals surface area contributed by atoms with Crippen LogP contribution in [0, 0.1) is 6.92 Å². The Morgan fingerprint density at radius 3 is 2.21 bits per heavy atom. The van der Waals surface area contributed by atoms with Gasteiger partial charge < -0.3 is 24.3 Å². The van der Waals surface area contributed by atoms with E-state index in [0.29, 0.717) is 13.1 Å². The fourth-order valence-electron chi connectivity index (χ4n) is 5.50. The molecule has 6 rings (SSSR count). The number of carbonyl (C=O) groups is 1. The highest BCUT2D eigenvalue weighted by Crippen LogP contribution is 2.36. The SMILES string of the molecule is COc1ccccc1N1CCN(C(=O)c2sc3ncnc(N4CCN(c5ccccc5)CC4)c3c2C)CC1. The number of rotatable bonds is 5. The van der Waals surface area contributed by atoms with E-state index in [2.05, 4.69) is 56.1 Å². The van der Waals surface area contributed by atoms with Crippen molar-refractivity contribution in [1.29, 1.82) is 0 Å². The number of methoxy groups -OCH3 is 1. The van der Waals surface area contributed by atoms with Gasteiger partial charge in [-0.15, -0.1) is 11.3 Å². The van der Waals surface area contributed by atoms with Crippen molar-refractivity contribution in [3.05, 3.63) is 71.4 Å². The van der Waals surface area contributed by atoms with Gasteiger partial charge in [0.05, 0.1) is 23.1 Å². The summed E-state index contributed by atoms with van der Waals surface area (Å²) in [6.45, 7) is 8.55. The smallest absolute Gasteiger partial charge is 0.264 e. The van der Waals surface area contributed by atoms with Crippen LogP contribution >= 0.6 is 11.3 Å². The number of benzene rings is 2. The molecule has 0 bridgehead atoms. The van der Waals surface area contributed by atoms with Gasteiger partial charge in [-0.2, -0.15) is 0 Å². The summed E-state index contributed by atoms with van der Waals surface area (Å²) in [5, 5.41) is 1.02. The largest absolute Gasteiger partial charge is 0.495 e. The molecule has 2 aliphatic heterocycles. The lowest BCUT2D eigenvalue weighted by Gasteiger charge is -2.37. The van der Waals surface area contributed by atoms with E-state index in [-0.39, 0.29) is 5.91 Å². The van der Waals surface area contributed by atoms with Crippen molar-refractivity contribution >= 4 is 44.7 Å². The minimum absolute atomic E-state index is 0.0880. The molecule has 38 heavy (non-hydrogen) atoms. The average molecular weight is 529 g/mol. The number of piperazine rings is 2. The van der Waals surface area contributed by atoms with Gasteiger partial charge in [-0.05, 0) is 36.8 Å². The third-order valence-corrected chi connectivity index (χ3v) is 8.78. The highest BCUT2D eigenvalue weighted by molar-refractivity contribution is 7.20. The number of carbonyl (C=O) groups excluding carboxylic acids is 1. The van der Waals surface area contributed by atoms with Gasteiger partial charge in [-0.25, -0.2) is 9.97 Å². The molecular formula is C29H32N6O2S. The number of thiophene rings is 1. The van der Waals surface area contributed by atoms with Crippen LogP contribution in [-0.4, -0.2) is 80.2 Å². The van der Waals surface area contributed by atoms with E-state index in [0.717, 1.165) is 77.2 Å². The Hall–Kier alpha value is -3.85. The van der Waals surface area contributed by atoms with E-state index in [9.17, 15) is 4.79 Å². The average Bonchev–Trinajstić information content (AvgIpc) is 3.33. The second-order valence-electron chi connectivity index (χ2n) is 9.69. The summed E-state index contributed by atoms with van der Waals surface area (Å²) in [6, 6.07) is 18.6. The van der Waals surface area contributed by atoms with Gasteiger partial charge in [0.15, 0.2) is 0 Å². The maximum Gasteiger partial charge on any atom is 0.264 e. The highest BCUT2D eigenvalue weighted by Gasteiger charge is 2.29. The number of nitrogens with zero attached hydrogens (tertiary/aromatic N) is 6. The molecule has 2 fully saturated rings. The number of anilines is 3. The number of amides is 1. The monoisotopic (exact) mass is 528 g/mol. The number of aryl methyl sites for hydroxylation is 1. The third kappa shape index (κ3) is 4.51. The van der Waals surface area contributed by atoms with Gasteiger partial charge in [0.2, 0.25) is 0 Å². The first-order valence-corrected chi connectivity index (χ1v) is 13.9. The van der Waals surface area contributed by atoms with Gasteiger partial charge >= 0.3 is 0 Å². The molecule has 2 aromatic carbocycles. The fraction of sp³-hybridized carbons (Fsp3) is 0.345. The molecular weight excluding hydrogens is 496 g/mol. The van der Waals surface area contributed by atoms with E-state index in [4.69, 9.17) is 9.72 Å². The maximum atomic E-state index is 13.7. The van der Waals surface area contributed by atoms with E-state index in [1.165, 1.54) is 17.0 Å². The first kappa shape index (κ1) is 24.5. The van der Waals surface area contributed by atoms with Crippen molar-refractivity contribution in [3.8, 4) is 5.75 Å². The van der Waals surface area contributed by atoms with Crippen molar-refractivity contribution in [2.75, 3.05) is 74.2 Å². The first-order chi connectivity index (χ1) is 18.6. The summed E-state index contributed by atoms with van der Waals surface area (Å²) in [5.41, 5.74) is 3.32. The fourth-order valence-corrected chi connectivity index (χ4v) is 6.61. The Bertz CT molecular complexity index is 1430. The van der Waals surface area contributed by atoms with Crippen LogP contribution in [0.15, 0.2) is 60.9 Å². The Labute approximate surface area is 227 Å². The van der Waals surface area contributed by atoms with Crippen LogP contribution in [-0.2, 0) is 0 Å². The van der Waals surface area contributed by atoms with Crippen molar-refractivity contribution in [2.45, 2.75) is 6.92 Å². The van der Waals surface area contributed by atoms with Crippen molar-refractivity contribution in [1.82, 2.24) is 14.9 Å². The van der Waals surface area contributed by atoms with Gasteiger partial charge in [0.25, 0.3) is 5.91 Å². The quantitative estimate of drug-likeness (QED) is 0.383. The van der Waals surface area contributed by atoms with Crippen LogP contribution in [0.3, 0.4) is 0 Å². The molecule has 0 aliphatic carbocycles. The molecule has 0 saturated carbocycles. The van der Waals surface area contributed by atoms with Gasteiger partial charge in [0.1, 0.15) is 22.7 Å². The van der Waals surface area contributed by atoms with Gasteiger partial charge in [-0.1, -0.05) is 30.3 Å². The molecule has 2 saturated heterocycles. The second kappa shape index (κ2) is 10.5. The molecule has 0 spiro atoms. The number of fused-ring (bicyclic) bond motifs is 1. The van der Waals surface area contributed by atoms with Crippen LogP contribution in [0.1, 0.15) is 15.2 Å². The normalized spacial score (nSPS) is 16.3. The summed E-state index contributed by atoms with van der Waals surface area (Å²) in [4.78, 5) is 33.6. The Kier molecular flexibility index (Phi) is 6.76. The first-order valence-electron chi connectivity index (χ1n) is 13.1. The number of para-hydroxylation sites is 3. The van der Waals surface area contributed by atoms with Crippen LogP contribution in [0.25, 0.3) is 10.2 Å². The second-order valence-corrected chi connectivity index (χ2v) is 10.7. The maximum absolute atomic E-state index is 13.7. The Morgan fingerprint density at radius 1 is 0.816 bits per heavy atom. The summed E-state index contributed by atoms with van der Waals surface area (Å²) in [7, 11) is 1.70. The standard InChI is InChI=1S/C29H32N6O2S/c1-21-25-27(34-16-12-32(13-17-34)22-8-4-3-5-9-22)30-20-31-28(25)38-26(21)29(36)35-18-14-33(15-19-35)23-10-6-7-11-24(23)37-2/h3-11,20H,12-19H2,1-2H3. The molecule has 4 heterocycles. The van der Waals surface area contributed by atoms with Gasteiger partial charge in [0, 0.05) is 58.0 Å². The predicted octanol–water partition coefficient (Wildman–Crippen LogP) is 4.30. The topological polar surface area (TPSA) is 65.0 Å². The van der Waals surface area contributed by atoms with Gasteiger partial charge in [-0.3, -0.25) is 4.79 Å². The van der Waals surface area contributed by atoms with Crippen LogP contribution in [0.4, 0.5) is 17.2 Å². The lowest BCUT2D eigenvalue weighted by molar-refractivity contribution is 0.0751. The molecule has 0 radical (unpaired) electrons. The lowest BCUT2D eigenvalue weighted by Crippen LogP contribution is -2.48. The zero-order valence-electron chi connectivity index (χ0n) is 21.8. The zero-order chi connectivity index (χ0) is 26.1. The number of hydrogen-bond acceptors (Lipinski definition) is 8. The zero-order valence-corrected chi connectivity index (χ0v) is 22.7. The number of ether oxygens (including phenoxy) is 1. The van der Waals surface area contributed by atoms with Crippen LogP contribution in [0.5, 0.6) is 5.75 Å². The molecule has 196 valence electrons. The van der Waals surface area contributed by atoms with E-state index in [1.54, 1.807) is 13.4 Å². The van der Waals surface area contributed by atoms with E-state index >= 15 is 0 Å². The molecule has 0 N–H and O–H groups in total. The molecule has 0 unspecified atom stereocenters. The van der Waals surface area contributed by atoms with Crippen LogP contribution < -0.4 is 19.4 Å². The van der Waals surface area contributed by atoms with Crippen LogP contribution in [0.2, 0.25) is 0 Å². The predicted molar refractivity (Wildman–Crippen MR) is 154 cm³/mol.